The molecule has 3 N–H and O–H groups in total. The Labute approximate surface area is 329 Å². The first-order valence-electron chi connectivity index (χ1n) is 23.4. The molecule has 0 heterocycles. The number of carbonyl (C=O) groups excluding carboxylic acids is 2. The zero-order valence-electron chi connectivity index (χ0n) is 35.5. The van der Waals surface area contributed by atoms with Crippen molar-refractivity contribution in [1.29, 1.82) is 0 Å². The largest absolute Gasteiger partial charge is 0.466 e. The number of ether oxygens (including phenoxy) is 1. The molecule has 0 aromatic carbocycles. The van der Waals surface area contributed by atoms with Crippen molar-refractivity contribution in [3.63, 3.8) is 0 Å². The molecule has 0 bridgehead atoms. The Morgan fingerprint density at radius 2 is 0.887 bits per heavy atom. The zero-order chi connectivity index (χ0) is 38.7. The first-order chi connectivity index (χ1) is 26.0. The number of nitrogens with one attached hydrogen (secondary N) is 1. The minimum Gasteiger partial charge on any atom is -0.466 e. The predicted octanol–water partition coefficient (Wildman–Crippen LogP) is 13.4. The van der Waals surface area contributed by atoms with E-state index in [4.69, 9.17) is 4.74 Å². The van der Waals surface area contributed by atoms with Gasteiger partial charge in [-0.1, -0.05) is 199 Å². The quantitative estimate of drug-likeness (QED) is 0.0328. The van der Waals surface area contributed by atoms with Crippen LogP contribution in [0.15, 0.2) is 12.2 Å². The SMILES string of the molecule is CCCCCCCCCCCCCCCCCCCC(=O)OCCCC/C=C\CCCCCCC(=O)NC(CO)C(O)CCCCCCCCCCC. The standard InChI is InChI=1S/C47H91NO5/c1-3-5-7-9-11-13-14-15-16-17-18-19-20-25-29-33-37-41-47(52)53-42-38-34-30-26-22-21-24-28-32-36-40-46(51)48-44(43-49)45(50)39-35-31-27-23-12-10-8-6-4-2/h22,26,44-45,49-50H,3-21,23-25,27-43H2,1-2H3,(H,48,51)/b26-22-. The second kappa shape index (κ2) is 43.3. The Morgan fingerprint density at radius 3 is 1.34 bits per heavy atom. The number of amides is 1. The highest BCUT2D eigenvalue weighted by Crippen LogP contribution is 2.16. The summed E-state index contributed by atoms with van der Waals surface area (Å²) in [5.74, 6) is -0.106. The average molecular weight is 750 g/mol. The molecule has 0 aliphatic carbocycles. The van der Waals surface area contributed by atoms with Gasteiger partial charge in [-0.2, -0.15) is 0 Å². The molecule has 0 fully saturated rings. The van der Waals surface area contributed by atoms with Gasteiger partial charge >= 0.3 is 5.97 Å². The molecule has 6 heteroatoms. The number of unbranched alkanes of at least 4 members (excludes halogenated alkanes) is 30. The summed E-state index contributed by atoms with van der Waals surface area (Å²) in [6, 6.07) is -0.563. The fourth-order valence-electron chi connectivity index (χ4n) is 7.16. The van der Waals surface area contributed by atoms with Gasteiger partial charge in [0, 0.05) is 12.8 Å². The molecule has 0 aliphatic heterocycles. The van der Waals surface area contributed by atoms with E-state index in [1.165, 1.54) is 141 Å². The molecular weight excluding hydrogens is 659 g/mol. The van der Waals surface area contributed by atoms with Crippen LogP contribution in [0, 0.1) is 0 Å². The molecule has 2 atom stereocenters. The Kier molecular flexibility index (Phi) is 42.2. The van der Waals surface area contributed by atoms with Crippen LogP contribution in [0.1, 0.15) is 251 Å². The molecule has 0 saturated carbocycles. The van der Waals surface area contributed by atoms with Crippen molar-refractivity contribution in [3.8, 4) is 0 Å². The molecule has 0 saturated heterocycles. The minimum atomic E-state index is -0.682. The Bertz CT molecular complexity index is 787. The van der Waals surface area contributed by atoms with Gasteiger partial charge in [-0.25, -0.2) is 0 Å². The lowest BCUT2D eigenvalue weighted by atomic mass is 10.0. The van der Waals surface area contributed by atoms with Crippen molar-refractivity contribution in [2.45, 2.75) is 264 Å². The van der Waals surface area contributed by atoms with E-state index in [9.17, 15) is 19.8 Å². The molecule has 0 aromatic rings. The van der Waals surface area contributed by atoms with Crippen molar-refractivity contribution in [1.82, 2.24) is 5.32 Å². The number of rotatable bonds is 43. The maximum atomic E-state index is 12.3. The highest BCUT2D eigenvalue weighted by molar-refractivity contribution is 5.76. The normalized spacial score (nSPS) is 12.8. The van der Waals surface area contributed by atoms with Crippen LogP contribution >= 0.6 is 0 Å². The van der Waals surface area contributed by atoms with Crippen molar-refractivity contribution in [3.05, 3.63) is 12.2 Å². The number of esters is 1. The summed E-state index contributed by atoms with van der Waals surface area (Å²) in [5, 5.41) is 23.0. The van der Waals surface area contributed by atoms with E-state index in [1.54, 1.807) is 0 Å². The van der Waals surface area contributed by atoms with Crippen molar-refractivity contribution < 1.29 is 24.5 Å². The summed E-state index contributed by atoms with van der Waals surface area (Å²) >= 11 is 0. The second-order valence-electron chi connectivity index (χ2n) is 16.1. The minimum absolute atomic E-state index is 0.0332. The first kappa shape index (κ1) is 51.6. The fourth-order valence-corrected chi connectivity index (χ4v) is 7.16. The van der Waals surface area contributed by atoms with E-state index >= 15 is 0 Å². The number of aliphatic hydroxyl groups is 2. The maximum Gasteiger partial charge on any atom is 0.305 e. The topological polar surface area (TPSA) is 95.9 Å². The molecule has 0 rings (SSSR count). The van der Waals surface area contributed by atoms with Crippen LogP contribution < -0.4 is 5.32 Å². The van der Waals surface area contributed by atoms with Crippen LogP contribution in [0.2, 0.25) is 0 Å². The average Bonchev–Trinajstić information content (AvgIpc) is 3.16. The predicted molar refractivity (Wildman–Crippen MR) is 227 cm³/mol. The van der Waals surface area contributed by atoms with Gasteiger partial charge in [0.2, 0.25) is 5.91 Å². The number of allylic oxidation sites excluding steroid dienone is 2. The number of aliphatic hydroxyl groups excluding tert-OH is 2. The van der Waals surface area contributed by atoms with E-state index in [-0.39, 0.29) is 18.5 Å². The summed E-state index contributed by atoms with van der Waals surface area (Å²) < 4.78 is 5.43. The highest BCUT2D eigenvalue weighted by atomic mass is 16.5. The van der Waals surface area contributed by atoms with E-state index in [2.05, 4.69) is 31.3 Å². The summed E-state index contributed by atoms with van der Waals surface area (Å²) in [6.45, 7) is 4.84. The Morgan fingerprint density at radius 1 is 0.509 bits per heavy atom. The van der Waals surface area contributed by atoms with Gasteiger partial charge in [-0.15, -0.1) is 0 Å². The van der Waals surface area contributed by atoms with E-state index in [1.807, 2.05) is 0 Å². The molecule has 1 amide bonds. The number of hydrogen-bond donors (Lipinski definition) is 3. The monoisotopic (exact) mass is 750 g/mol. The fraction of sp³-hybridized carbons (Fsp3) is 0.915. The zero-order valence-corrected chi connectivity index (χ0v) is 35.5. The lowest BCUT2D eigenvalue weighted by molar-refractivity contribution is -0.143. The summed E-state index contributed by atoms with van der Waals surface area (Å²) in [5.41, 5.74) is 0. The van der Waals surface area contributed by atoms with Crippen LogP contribution in [0.25, 0.3) is 0 Å². The van der Waals surface area contributed by atoms with Gasteiger partial charge in [-0.05, 0) is 51.4 Å². The lowest BCUT2D eigenvalue weighted by Gasteiger charge is -2.22. The second-order valence-corrected chi connectivity index (χ2v) is 16.1. The molecule has 2 unspecified atom stereocenters. The molecule has 0 aromatic heterocycles. The van der Waals surface area contributed by atoms with E-state index in [0.717, 1.165) is 77.0 Å². The Hall–Kier alpha value is -1.40. The maximum absolute atomic E-state index is 12.3. The van der Waals surface area contributed by atoms with Crippen LogP contribution in [-0.2, 0) is 14.3 Å². The number of hydrogen-bond acceptors (Lipinski definition) is 5. The van der Waals surface area contributed by atoms with Gasteiger partial charge in [0.1, 0.15) is 0 Å². The molecule has 53 heavy (non-hydrogen) atoms. The van der Waals surface area contributed by atoms with Gasteiger partial charge < -0.3 is 20.3 Å². The third-order valence-electron chi connectivity index (χ3n) is 10.8. The molecule has 0 spiro atoms. The summed E-state index contributed by atoms with van der Waals surface area (Å²) in [4.78, 5) is 24.4. The van der Waals surface area contributed by atoms with Gasteiger partial charge in [0.15, 0.2) is 0 Å². The molecule has 314 valence electrons. The molecule has 0 radical (unpaired) electrons. The van der Waals surface area contributed by atoms with E-state index < -0.39 is 12.1 Å². The van der Waals surface area contributed by atoms with Crippen LogP contribution in [-0.4, -0.2) is 47.4 Å². The number of carbonyl (C=O) groups is 2. The summed E-state index contributed by atoms with van der Waals surface area (Å²) in [6.07, 6.45) is 47.5. The van der Waals surface area contributed by atoms with Gasteiger partial charge in [0.05, 0.1) is 25.4 Å². The first-order valence-corrected chi connectivity index (χ1v) is 23.4. The van der Waals surface area contributed by atoms with Crippen molar-refractivity contribution in [2.75, 3.05) is 13.2 Å². The molecule has 6 nitrogen and oxygen atoms in total. The van der Waals surface area contributed by atoms with Crippen LogP contribution in [0.3, 0.4) is 0 Å². The third kappa shape index (κ3) is 40.1. The van der Waals surface area contributed by atoms with Crippen molar-refractivity contribution in [2.24, 2.45) is 0 Å². The van der Waals surface area contributed by atoms with Crippen LogP contribution in [0.4, 0.5) is 0 Å². The smallest absolute Gasteiger partial charge is 0.305 e. The van der Waals surface area contributed by atoms with Gasteiger partial charge in [0.25, 0.3) is 0 Å². The third-order valence-corrected chi connectivity index (χ3v) is 10.8. The molecular formula is C47H91NO5. The summed E-state index contributed by atoms with van der Waals surface area (Å²) in [7, 11) is 0. The van der Waals surface area contributed by atoms with Gasteiger partial charge in [-0.3, -0.25) is 9.59 Å². The van der Waals surface area contributed by atoms with Crippen molar-refractivity contribution >= 4 is 11.9 Å². The van der Waals surface area contributed by atoms with Crippen LogP contribution in [0.5, 0.6) is 0 Å². The Balaban J connectivity index is 3.48. The lowest BCUT2D eigenvalue weighted by Crippen LogP contribution is -2.45. The highest BCUT2D eigenvalue weighted by Gasteiger charge is 2.20. The molecule has 0 aliphatic rings. The van der Waals surface area contributed by atoms with E-state index in [0.29, 0.717) is 25.9 Å².